The van der Waals surface area contributed by atoms with Crippen LogP contribution in [0.1, 0.15) is 15.9 Å². The van der Waals surface area contributed by atoms with E-state index in [0.717, 1.165) is 14.1 Å². The number of hydrogen-bond acceptors (Lipinski definition) is 6. The summed E-state index contributed by atoms with van der Waals surface area (Å²) in [7, 11) is -3.66. The van der Waals surface area contributed by atoms with Crippen molar-refractivity contribution >= 4 is 56.4 Å². The number of esters is 1. The van der Waals surface area contributed by atoms with Crippen molar-refractivity contribution in [1.29, 1.82) is 0 Å². The smallest absolute Gasteiger partial charge is 0.343 e. The molecule has 0 unspecified atom stereocenters. The second kappa shape index (κ2) is 11.1. The largest absolute Gasteiger partial charge is 0.423 e. The van der Waals surface area contributed by atoms with E-state index in [1.807, 2.05) is 6.07 Å². The van der Waals surface area contributed by atoms with Crippen LogP contribution in [0.4, 0.5) is 5.69 Å². The highest BCUT2D eigenvalue weighted by Crippen LogP contribution is 2.19. The Bertz CT molecular complexity index is 1250. The molecule has 1 amide bonds. The number of amides is 1. The summed E-state index contributed by atoms with van der Waals surface area (Å²) < 4.78 is 31.5. The highest BCUT2D eigenvalue weighted by molar-refractivity contribution is 14.1. The fourth-order valence-corrected chi connectivity index (χ4v) is 3.93. The van der Waals surface area contributed by atoms with Gasteiger partial charge in [-0.3, -0.25) is 9.10 Å². The molecule has 0 fully saturated rings. The number of halogens is 1. The molecule has 0 atom stereocenters. The van der Waals surface area contributed by atoms with Gasteiger partial charge in [0.2, 0.25) is 10.0 Å². The van der Waals surface area contributed by atoms with Gasteiger partial charge in [-0.25, -0.2) is 18.6 Å². The SMILES string of the molecule is CS(=O)(=O)N(CC(=O)N/N=C\c1ccc(OC(=O)c2ccccc2)cc1)c1ccc(I)cc1. The van der Waals surface area contributed by atoms with Gasteiger partial charge in [0.05, 0.1) is 23.7 Å². The molecular weight excluding hydrogens is 557 g/mol. The summed E-state index contributed by atoms with van der Waals surface area (Å²) in [6, 6.07) is 21.9. The lowest BCUT2D eigenvalue weighted by atomic mass is 10.2. The Morgan fingerprint density at radius 3 is 2.24 bits per heavy atom. The van der Waals surface area contributed by atoms with Crippen LogP contribution in [0, 0.1) is 3.57 Å². The highest BCUT2D eigenvalue weighted by atomic mass is 127. The molecule has 170 valence electrons. The Labute approximate surface area is 205 Å². The maximum Gasteiger partial charge on any atom is 0.343 e. The fraction of sp³-hybridized carbons (Fsp3) is 0.0870. The molecule has 0 aliphatic heterocycles. The van der Waals surface area contributed by atoms with Gasteiger partial charge in [0.15, 0.2) is 0 Å². The predicted octanol–water partition coefficient (Wildman–Crippen LogP) is 3.43. The third kappa shape index (κ3) is 7.39. The summed E-state index contributed by atoms with van der Waals surface area (Å²) in [5.41, 5.74) is 3.80. The third-order valence-electron chi connectivity index (χ3n) is 4.31. The van der Waals surface area contributed by atoms with Crippen LogP contribution in [-0.4, -0.2) is 39.3 Å². The van der Waals surface area contributed by atoms with E-state index in [0.29, 0.717) is 22.6 Å². The number of sulfonamides is 1. The quantitative estimate of drug-likeness (QED) is 0.145. The fourth-order valence-electron chi connectivity index (χ4n) is 2.71. The molecule has 10 heteroatoms. The normalized spacial score (nSPS) is 11.2. The standard InChI is InChI=1S/C23H20IN3O5S/c1-33(30,31)27(20-11-9-19(24)10-12-20)16-22(28)26-25-15-17-7-13-21(14-8-17)32-23(29)18-5-3-2-4-6-18/h2-15H,16H2,1H3,(H,26,28)/b25-15-. The summed E-state index contributed by atoms with van der Waals surface area (Å²) >= 11 is 2.11. The number of nitrogens with one attached hydrogen (secondary N) is 1. The van der Waals surface area contributed by atoms with Gasteiger partial charge in [0, 0.05) is 3.57 Å². The molecule has 0 radical (unpaired) electrons. The zero-order valence-corrected chi connectivity index (χ0v) is 20.5. The van der Waals surface area contributed by atoms with Gasteiger partial charge in [0.1, 0.15) is 12.3 Å². The van der Waals surface area contributed by atoms with E-state index in [9.17, 15) is 18.0 Å². The Kier molecular flexibility index (Phi) is 8.17. The number of nitrogens with zero attached hydrogens (tertiary/aromatic N) is 2. The monoisotopic (exact) mass is 577 g/mol. The molecule has 33 heavy (non-hydrogen) atoms. The topological polar surface area (TPSA) is 105 Å². The molecule has 8 nitrogen and oxygen atoms in total. The Balaban J connectivity index is 1.57. The maximum atomic E-state index is 12.3. The van der Waals surface area contributed by atoms with Crippen molar-refractivity contribution in [2.24, 2.45) is 5.10 Å². The first-order valence-electron chi connectivity index (χ1n) is 9.65. The van der Waals surface area contributed by atoms with Gasteiger partial charge in [-0.15, -0.1) is 0 Å². The number of carbonyl (C=O) groups excluding carboxylic acids is 2. The van der Waals surface area contributed by atoms with E-state index in [2.05, 4.69) is 33.1 Å². The molecule has 0 bridgehead atoms. The van der Waals surface area contributed by atoms with Crippen LogP contribution in [0.3, 0.4) is 0 Å². The minimum Gasteiger partial charge on any atom is -0.423 e. The molecule has 1 N–H and O–H groups in total. The van der Waals surface area contributed by atoms with E-state index in [4.69, 9.17) is 4.74 Å². The van der Waals surface area contributed by atoms with Crippen LogP contribution < -0.4 is 14.5 Å². The van der Waals surface area contributed by atoms with Crippen molar-refractivity contribution in [2.75, 3.05) is 17.1 Å². The Hall–Kier alpha value is -3.25. The highest BCUT2D eigenvalue weighted by Gasteiger charge is 2.20. The number of anilines is 1. The molecule has 0 saturated heterocycles. The first-order valence-corrected chi connectivity index (χ1v) is 12.6. The molecular formula is C23H20IN3O5S. The zero-order chi connectivity index (χ0) is 23.8. The molecule has 3 aromatic carbocycles. The number of ether oxygens (including phenoxy) is 1. The van der Waals surface area contributed by atoms with Crippen molar-refractivity contribution < 1.29 is 22.7 Å². The van der Waals surface area contributed by atoms with E-state index >= 15 is 0 Å². The van der Waals surface area contributed by atoms with E-state index in [1.54, 1.807) is 72.8 Å². The van der Waals surface area contributed by atoms with Gasteiger partial charge in [-0.1, -0.05) is 18.2 Å². The zero-order valence-electron chi connectivity index (χ0n) is 17.5. The first-order chi connectivity index (χ1) is 15.7. The second-order valence-corrected chi connectivity index (χ2v) is 10.0. The number of carbonyl (C=O) groups is 2. The third-order valence-corrected chi connectivity index (χ3v) is 6.16. The maximum absolute atomic E-state index is 12.3. The van der Waals surface area contributed by atoms with Crippen LogP contribution in [0.15, 0.2) is 84.0 Å². The van der Waals surface area contributed by atoms with Crippen LogP contribution in [0.25, 0.3) is 0 Å². The van der Waals surface area contributed by atoms with Crippen molar-refractivity contribution in [1.82, 2.24) is 5.43 Å². The number of rotatable bonds is 8. The Morgan fingerprint density at radius 1 is 1.00 bits per heavy atom. The Morgan fingerprint density at radius 2 is 1.64 bits per heavy atom. The van der Waals surface area contributed by atoms with Gasteiger partial charge < -0.3 is 4.74 Å². The molecule has 0 saturated carbocycles. The number of hydrazone groups is 1. The molecule has 0 aliphatic rings. The minimum absolute atomic E-state index is 0.367. The lowest BCUT2D eigenvalue weighted by Gasteiger charge is -2.21. The van der Waals surface area contributed by atoms with Crippen molar-refractivity contribution in [3.05, 3.63) is 93.6 Å². The predicted molar refractivity (Wildman–Crippen MR) is 135 cm³/mol. The molecule has 3 rings (SSSR count). The van der Waals surface area contributed by atoms with Crippen molar-refractivity contribution in [2.45, 2.75) is 0 Å². The summed E-state index contributed by atoms with van der Waals surface area (Å²) in [5.74, 6) is -0.692. The molecule has 3 aromatic rings. The van der Waals surface area contributed by atoms with Crippen LogP contribution in [0.5, 0.6) is 5.75 Å². The van der Waals surface area contributed by atoms with Crippen molar-refractivity contribution in [3.63, 3.8) is 0 Å². The summed E-state index contributed by atoms with van der Waals surface area (Å²) in [6.45, 7) is -0.412. The lowest BCUT2D eigenvalue weighted by molar-refractivity contribution is -0.119. The molecule has 0 spiro atoms. The lowest BCUT2D eigenvalue weighted by Crippen LogP contribution is -2.39. The average Bonchev–Trinajstić information content (AvgIpc) is 2.79. The van der Waals surface area contributed by atoms with Gasteiger partial charge in [-0.05, 0) is 88.8 Å². The van der Waals surface area contributed by atoms with Crippen LogP contribution in [0.2, 0.25) is 0 Å². The van der Waals surface area contributed by atoms with E-state index in [1.165, 1.54) is 6.21 Å². The summed E-state index contributed by atoms with van der Waals surface area (Å²) in [4.78, 5) is 24.3. The van der Waals surface area contributed by atoms with Crippen LogP contribution >= 0.6 is 22.6 Å². The molecule has 0 heterocycles. The van der Waals surface area contributed by atoms with Gasteiger partial charge in [0.25, 0.3) is 5.91 Å². The average molecular weight is 577 g/mol. The van der Waals surface area contributed by atoms with Crippen LogP contribution in [-0.2, 0) is 14.8 Å². The van der Waals surface area contributed by atoms with E-state index < -0.39 is 28.4 Å². The molecule has 0 aromatic heterocycles. The van der Waals surface area contributed by atoms with Gasteiger partial charge in [-0.2, -0.15) is 5.10 Å². The van der Waals surface area contributed by atoms with Gasteiger partial charge >= 0.3 is 5.97 Å². The second-order valence-electron chi connectivity index (χ2n) is 6.86. The van der Waals surface area contributed by atoms with E-state index in [-0.39, 0.29) is 0 Å². The number of hydrogen-bond donors (Lipinski definition) is 1. The summed E-state index contributed by atoms with van der Waals surface area (Å²) in [6.07, 6.45) is 2.43. The number of benzene rings is 3. The summed E-state index contributed by atoms with van der Waals surface area (Å²) in [5, 5.41) is 3.87. The van der Waals surface area contributed by atoms with Crippen molar-refractivity contribution in [3.8, 4) is 5.75 Å². The minimum atomic E-state index is -3.66. The molecule has 0 aliphatic carbocycles. The first kappa shape index (κ1) is 24.4.